The lowest BCUT2D eigenvalue weighted by atomic mass is 10.1. The molecule has 0 aliphatic carbocycles. The predicted molar refractivity (Wildman–Crippen MR) is 93.0 cm³/mol. The van der Waals surface area contributed by atoms with Gasteiger partial charge in [0.15, 0.2) is 0 Å². The van der Waals surface area contributed by atoms with Gasteiger partial charge in [-0.3, -0.25) is 9.59 Å². The summed E-state index contributed by atoms with van der Waals surface area (Å²) < 4.78 is 4.90. The minimum atomic E-state index is -0.665. The second-order valence-electron chi connectivity index (χ2n) is 5.21. The van der Waals surface area contributed by atoms with E-state index in [0.29, 0.717) is 26.2 Å². The number of carbonyl (C=O) groups excluding carboxylic acids is 2. The van der Waals surface area contributed by atoms with Crippen LogP contribution in [0.3, 0.4) is 0 Å². The quantitative estimate of drug-likeness (QED) is 0.583. The number of ether oxygens (including phenoxy) is 1. The molecule has 0 spiro atoms. The maximum absolute atomic E-state index is 12.7. The third-order valence-corrected chi connectivity index (χ3v) is 4.93. The van der Waals surface area contributed by atoms with Gasteiger partial charge in [-0.2, -0.15) is 0 Å². The number of aryl methyl sites for hydroxylation is 1. The van der Waals surface area contributed by atoms with Gasteiger partial charge in [0.25, 0.3) is 0 Å². The van der Waals surface area contributed by atoms with Crippen molar-refractivity contribution in [2.45, 2.75) is 13.8 Å². The highest BCUT2D eigenvalue weighted by Crippen LogP contribution is 2.29. The number of aromatic nitrogens is 1. The number of carbonyl (C=O) groups is 2. The van der Waals surface area contributed by atoms with Crippen LogP contribution in [0.2, 0.25) is 0 Å². The first-order valence-corrected chi connectivity index (χ1v) is 8.28. The topological polar surface area (TPSA) is 76.2 Å². The van der Waals surface area contributed by atoms with Crippen LogP contribution in [0.15, 0.2) is 41.3 Å². The third kappa shape index (κ3) is 2.65. The van der Waals surface area contributed by atoms with Gasteiger partial charge < -0.3 is 9.72 Å². The van der Waals surface area contributed by atoms with E-state index in [-0.39, 0.29) is 18.0 Å². The molecule has 0 bridgehead atoms. The van der Waals surface area contributed by atoms with Crippen molar-refractivity contribution in [2.75, 3.05) is 6.61 Å². The Bertz CT molecular complexity index is 985. The Morgan fingerprint density at radius 1 is 1.21 bits per heavy atom. The monoisotopic (exact) mass is 341 g/mol. The van der Waals surface area contributed by atoms with E-state index in [9.17, 15) is 14.4 Å². The molecule has 0 saturated heterocycles. The van der Waals surface area contributed by atoms with Crippen molar-refractivity contribution in [3.05, 3.63) is 68.3 Å². The van der Waals surface area contributed by atoms with E-state index in [2.05, 4.69) is 4.98 Å². The van der Waals surface area contributed by atoms with Crippen molar-refractivity contribution in [2.24, 2.45) is 0 Å². The van der Waals surface area contributed by atoms with Gasteiger partial charge in [-0.1, -0.05) is 30.3 Å². The molecule has 0 saturated carbocycles. The molecule has 1 N–H and O–H groups in total. The molecule has 2 aromatic heterocycles. The molecule has 0 aliphatic heterocycles. The number of esters is 1. The van der Waals surface area contributed by atoms with Crippen LogP contribution in [-0.4, -0.2) is 23.3 Å². The summed E-state index contributed by atoms with van der Waals surface area (Å²) in [5.41, 5.74) is 0.675. The summed E-state index contributed by atoms with van der Waals surface area (Å²) in [6.07, 6.45) is 1.34. The number of aromatic amines is 1. The molecule has 0 aliphatic rings. The molecule has 0 unspecified atom stereocenters. The lowest BCUT2D eigenvalue weighted by molar-refractivity contribution is 0.0524. The highest BCUT2D eigenvalue weighted by molar-refractivity contribution is 7.20. The number of benzene rings is 1. The molecule has 0 radical (unpaired) electrons. The first-order chi connectivity index (χ1) is 11.5. The van der Waals surface area contributed by atoms with E-state index in [4.69, 9.17) is 4.74 Å². The molecule has 24 heavy (non-hydrogen) atoms. The van der Waals surface area contributed by atoms with Crippen LogP contribution in [0.1, 0.15) is 38.1 Å². The Morgan fingerprint density at radius 2 is 1.92 bits per heavy atom. The van der Waals surface area contributed by atoms with Gasteiger partial charge in [0.2, 0.25) is 11.2 Å². The molecule has 122 valence electrons. The number of rotatable bonds is 4. The van der Waals surface area contributed by atoms with Crippen molar-refractivity contribution in [3.63, 3.8) is 0 Å². The Labute approximate surface area is 141 Å². The minimum Gasteiger partial charge on any atom is -0.462 e. The molecule has 0 fully saturated rings. The van der Waals surface area contributed by atoms with E-state index in [1.807, 2.05) is 6.07 Å². The van der Waals surface area contributed by atoms with Crippen LogP contribution >= 0.6 is 11.3 Å². The normalized spacial score (nSPS) is 10.8. The SMILES string of the molecule is CCOC(=O)c1c[nH]c2sc(C(=O)c3ccccc3)c(C)c2c1=O. The molecule has 6 heteroatoms. The molecule has 2 heterocycles. The largest absolute Gasteiger partial charge is 0.462 e. The van der Waals surface area contributed by atoms with E-state index in [1.54, 1.807) is 38.1 Å². The number of hydrogen-bond donors (Lipinski definition) is 1. The van der Waals surface area contributed by atoms with E-state index >= 15 is 0 Å². The van der Waals surface area contributed by atoms with Crippen molar-refractivity contribution in [1.82, 2.24) is 4.98 Å². The number of pyridine rings is 1. The number of fused-ring (bicyclic) bond motifs is 1. The zero-order valence-electron chi connectivity index (χ0n) is 13.2. The fourth-order valence-corrected chi connectivity index (χ4v) is 3.66. The fourth-order valence-electron chi connectivity index (χ4n) is 2.52. The molecule has 5 nitrogen and oxygen atoms in total. The molecule has 3 rings (SSSR count). The first-order valence-electron chi connectivity index (χ1n) is 7.46. The Balaban J connectivity index is 2.15. The zero-order valence-corrected chi connectivity index (χ0v) is 14.0. The first kappa shape index (κ1) is 16.1. The second-order valence-corrected chi connectivity index (χ2v) is 6.23. The number of nitrogens with one attached hydrogen (secondary N) is 1. The summed E-state index contributed by atoms with van der Waals surface area (Å²) in [5, 5.41) is 0.366. The number of ketones is 1. The van der Waals surface area contributed by atoms with Crippen LogP contribution in [0.4, 0.5) is 0 Å². The lowest BCUT2D eigenvalue weighted by Gasteiger charge is -2.01. The highest BCUT2D eigenvalue weighted by atomic mass is 32.1. The zero-order chi connectivity index (χ0) is 17.3. The number of H-pyrrole nitrogens is 1. The van der Waals surface area contributed by atoms with Crippen LogP contribution in [0.5, 0.6) is 0 Å². The van der Waals surface area contributed by atoms with Gasteiger partial charge in [0, 0.05) is 11.8 Å². The van der Waals surface area contributed by atoms with Crippen molar-refractivity contribution in [1.29, 1.82) is 0 Å². The predicted octanol–water partition coefficient (Wildman–Crippen LogP) is 3.31. The van der Waals surface area contributed by atoms with Crippen molar-refractivity contribution < 1.29 is 14.3 Å². The van der Waals surface area contributed by atoms with Gasteiger partial charge in [0.05, 0.1) is 16.9 Å². The Morgan fingerprint density at radius 3 is 2.58 bits per heavy atom. The summed E-state index contributed by atoms with van der Waals surface area (Å²) in [6.45, 7) is 3.59. The maximum Gasteiger partial charge on any atom is 0.343 e. The molecule has 1 aromatic carbocycles. The van der Waals surface area contributed by atoms with E-state index in [1.165, 1.54) is 17.5 Å². The maximum atomic E-state index is 12.7. The van der Waals surface area contributed by atoms with Crippen LogP contribution in [-0.2, 0) is 4.74 Å². The molecule has 0 atom stereocenters. The Kier molecular flexibility index (Phi) is 4.31. The average Bonchev–Trinajstić information content (AvgIpc) is 2.93. The summed E-state index contributed by atoms with van der Waals surface area (Å²) in [5.74, 6) is -0.804. The summed E-state index contributed by atoms with van der Waals surface area (Å²) in [4.78, 5) is 41.2. The van der Waals surface area contributed by atoms with Gasteiger partial charge >= 0.3 is 5.97 Å². The minimum absolute atomic E-state index is 0.0519. The smallest absolute Gasteiger partial charge is 0.343 e. The summed E-state index contributed by atoms with van der Waals surface area (Å²) >= 11 is 1.22. The molecule has 0 amide bonds. The average molecular weight is 341 g/mol. The van der Waals surface area contributed by atoms with Gasteiger partial charge in [-0.05, 0) is 19.4 Å². The van der Waals surface area contributed by atoms with Crippen molar-refractivity contribution in [3.8, 4) is 0 Å². The second kappa shape index (κ2) is 6.41. The van der Waals surface area contributed by atoms with Crippen LogP contribution in [0.25, 0.3) is 10.2 Å². The summed E-state index contributed by atoms with van der Waals surface area (Å²) in [7, 11) is 0. The molecule has 3 aromatic rings. The molecular formula is C18H15NO4S. The Hall–Kier alpha value is -2.73. The van der Waals surface area contributed by atoms with Gasteiger partial charge in [-0.15, -0.1) is 11.3 Å². The highest BCUT2D eigenvalue weighted by Gasteiger charge is 2.22. The van der Waals surface area contributed by atoms with E-state index < -0.39 is 11.4 Å². The standard InChI is InChI=1S/C18H15NO4S/c1-3-23-18(22)12-9-19-17-13(15(12)21)10(2)16(24-17)14(20)11-7-5-4-6-8-11/h4-9H,3H2,1-2H3,(H,19,21). The van der Waals surface area contributed by atoms with Gasteiger partial charge in [-0.25, -0.2) is 4.79 Å². The number of thiophene rings is 1. The third-order valence-electron chi connectivity index (χ3n) is 3.70. The lowest BCUT2D eigenvalue weighted by Crippen LogP contribution is -2.18. The molecular weight excluding hydrogens is 326 g/mol. The number of hydrogen-bond acceptors (Lipinski definition) is 5. The van der Waals surface area contributed by atoms with Crippen LogP contribution < -0.4 is 5.43 Å². The van der Waals surface area contributed by atoms with Crippen LogP contribution in [0, 0.1) is 6.92 Å². The summed E-state index contributed by atoms with van der Waals surface area (Å²) in [6, 6.07) is 8.89. The van der Waals surface area contributed by atoms with Crippen molar-refractivity contribution >= 4 is 33.3 Å². The van der Waals surface area contributed by atoms with Gasteiger partial charge in [0.1, 0.15) is 10.4 Å². The van der Waals surface area contributed by atoms with E-state index in [0.717, 1.165) is 0 Å². The fraction of sp³-hybridized carbons (Fsp3) is 0.167.